The smallest absolute Gasteiger partial charge is 0.236 e. The van der Waals surface area contributed by atoms with Crippen molar-refractivity contribution in [3.8, 4) is 0 Å². The molecule has 0 aromatic carbocycles. The van der Waals surface area contributed by atoms with Gasteiger partial charge in [0.05, 0.1) is 6.54 Å². The van der Waals surface area contributed by atoms with Gasteiger partial charge in [0.2, 0.25) is 5.91 Å². The van der Waals surface area contributed by atoms with Crippen LogP contribution < -0.4 is 5.32 Å². The van der Waals surface area contributed by atoms with Crippen LogP contribution in [0.25, 0.3) is 0 Å². The molecule has 4 nitrogen and oxygen atoms in total. The number of likely N-dealkylation sites (tertiary alicyclic amines) is 2. The molecule has 0 radical (unpaired) electrons. The van der Waals surface area contributed by atoms with Crippen molar-refractivity contribution in [2.75, 3.05) is 45.8 Å². The van der Waals surface area contributed by atoms with Crippen LogP contribution in [0, 0.1) is 17.3 Å². The number of hydrogen-bond acceptors (Lipinski definition) is 3. The maximum absolute atomic E-state index is 12.5. The number of hydrogen-bond donors (Lipinski definition) is 1. The molecule has 1 N–H and O–H groups in total. The van der Waals surface area contributed by atoms with E-state index in [2.05, 4.69) is 29.0 Å². The number of carbonyl (C=O) groups is 1. The molecule has 1 amide bonds. The SMILES string of the molecule is CC1CC(C)CN(C(=O)CN2CCC3(CCNC3)C2)C1. The van der Waals surface area contributed by atoms with Gasteiger partial charge < -0.3 is 10.2 Å². The lowest BCUT2D eigenvalue weighted by Gasteiger charge is -2.36. The molecule has 0 bridgehead atoms. The zero-order chi connectivity index (χ0) is 14.2. The van der Waals surface area contributed by atoms with Crippen molar-refractivity contribution in [3.05, 3.63) is 0 Å². The first-order valence-electron chi connectivity index (χ1n) is 8.27. The molecule has 3 unspecified atom stereocenters. The first kappa shape index (κ1) is 14.3. The van der Waals surface area contributed by atoms with Gasteiger partial charge in [0.15, 0.2) is 0 Å². The van der Waals surface area contributed by atoms with Gasteiger partial charge in [-0.25, -0.2) is 0 Å². The zero-order valence-electron chi connectivity index (χ0n) is 13.0. The molecule has 0 aliphatic carbocycles. The Kier molecular flexibility index (Phi) is 4.04. The topological polar surface area (TPSA) is 35.6 Å². The zero-order valence-corrected chi connectivity index (χ0v) is 13.0. The van der Waals surface area contributed by atoms with Gasteiger partial charge >= 0.3 is 0 Å². The quantitative estimate of drug-likeness (QED) is 0.824. The van der Waals surface area contributed by atoms with Gasteiger partial charge in [-0.2, -0.15) is 0 Å². The maximum Gasteiger partial charge on any atom is 0.236 e. The van der Waals surface area contributed by atoms with Gasteiger partial charge in [-0.05, 0) is 49.6 Å². The number of carbonyl (C=O) groups excluding carboxylic acids is 1. The second-order valence-corrected chi connectivity index (χ2v) is 7.63. The fourth-order valence-corrected chi connectivity index (χ4v) is 4.46. The summed E-state index contributed by atoms with van der Waals surface area (Å²) in [5, 5.41) is 3.48. The van der Waals surface area contributed by atoms with Gasteiger partial charge in [0.25, 0.3) is 0 Å². The van der Waals surface area contributed by atoms with Crippen molar-refractivity contribution in [1.82, 2.24) is 15.1 Å². The third-order valence-electron chi connectivity index (χ3n) is 5.43. The lowest BCUT2D eigenvalue weighted by Crippen LogP contribution is -2.47. The number of amides is 1. The van der Waals surface area contributed by atoms with Gasteiger partial charge in [-0.3, -0.25) is 9.69 Å². The predicted molar refractivity (Wildman–Crippen MR) is 80.5 cm³/mol. The Hall–Kier alpha value is -0.610. The minimum atomic E-state index is 0.353. The molecule has 3 aliphatic heterocycles. The fraction of sp³-hybridized carbons (Fsp3) is 0.938. The summed E-state index contributed by atoms with van der Waals surface area (Å²) in [4.78, 5) is 17.0. The van der Waals surface area contributed by atoms with Crippen LogP contribution in [0.3, 0.4) is 0 Å². The summed E-state index contributed by atoms with van der Waals surface area (Å²) in [7, 11) is 0. The Labute approximate surface area is 122 Å². The Morgan fingerprint density at radius 1 is 1.25 bits per heavy atom. The highest BCUT2D eigenvalue weighted by molar-refractivity contribution is 5.78. The van der Waals surface area contributed by atoms with Crippen molar-refractivity contribution in [3.63, 3.8) is 0 Å². The number of nitrogens with zero attached hydrogens (tertiary/aromatic N) is 2. The third kappa shape index (κ3) is 3.01. The van der Waals surface area contributed by atoms with Crippen molar-refractivity contribution >= 4 is 5.91 Å². The van der Waals surface area contributed by atoms with E-state index in [-0.39, 0.29) is 0 Å². The second kappa shape index (κ2) is 5.64. The van der Waals surface area contributed by atoms with Crippen LogP contribution in [0.4, 0.5) is 0 Å². The van der Waals surface area contributed by atoms with Gasteiger partial charge in [0.1, 0.15) is 0 Å². The monoisotopic (exact) mass is 279 g/mol. The van der Waals surface area contributed by atoms with E-state index in [0.29, 0.717) is 29.7 Å². The summed E-state index contributed by atoms with van der Waals surface area (Å²) < 4.78 is 0. The highest BCUT2D eigenvalue weighted by Gasteiger charge is 2.41. The van der Waals surface area contributed by atoms with E-state index in [1.165, 1.54) is 19.3 Å². The van der Waals surface area contributed by atoms with Crippen molar-refractivity contribution in [2.45, 2.75) is 33.1 Å². The Morgan fingerprint density at radius 3 is 2.65 bits per heavy atom. The minimum absolute atomic E-state index is 0.353. The maximum atomic E-state index is 12.5. The van der Waals surface area contributed by atoms with E-state index in [1.807, 2.05) is 0 Å². The molecule has 1 spiro atoms. The molecular weight excluding hydrogens is 250 g/mol. The lowest BCUT2D eigenvalue weighted by atomic mass is 9.87. The van der Waals surface area contributed by atoms with E-state index < -0.39 is 0 Å². The molecule has 3 fully saturated rings. The van der Waals surface area contributed by atoms with Crippen LogP contribution in [-0.4, -0.2) is 61.5 Å². The van der Waals surface area contributed by atoms with Crippen LogP contribution in [-0.2, 0) is 4.79 Å². The molecular formula is C16H29N3O. The molecule has 4 heteroatoms. The van der Waals surface area contributed by atoms with E-state index in [9.17, 15) is 4.79 Å². The number of piperidine rings is 1. The molecule has 20 heavy (non-hydrogen) atoms. The summed E-state index contributed by atoms with van der Waals surface area (Å²) in [6.45, 7) is 11.6. The van der Waals surface area contributed by atoms with Crippen molar-refractivity contribution in [2.24, 2.45) is 17.3 Å². The molecule has 3 saturated heterocycles. The van der Waals surface area contributed by atoms with E-state index in [1.54, 1.807) is 0 Å². The van der Waals surface area contributed by atoms with Gasteiger partial charge in [0, 0.05) is 26.2 Å². The fourth-order valence-electron chi connectivity index (χ4n) is 4.46. The van der Waals surface area contributed by atoms with Crippen LogP contribution in [0.1, 0.15) is 33.1 Å². The van der Waals surface area contributed by atoms with E-state index >= 15 is 0 Å². The number of rotatable bonds is 2. The average Bonchev–Trinajstić information content (AvgIpc) is 2.99. The first-order valence-corrected chi connectivity index (χ1v) is 8.27. The molecule has 3 atom stereocenters. The van der Waals surface area contributed by atoms with Gasteiger partial charge in [-0.15, -0.1) is 0 Å². The normalized spacial score (nSPS) is 38.8. The van der Waals surface area contributed by atoms with E-state index in [4.69, 9.17) is 0 Å². The summed E-state index contributed by atoms with van der Waals surface area (Å²) >= 11 is 0. The Balaban J connectivity index is 1.52. The lowest BCUT2D eigenvalue weighted by molar-refractivity contribution is -0.134. The predicted octanol–water partition coefficient (Wildman–Crippen LogP) is 1.18. The molecule has 3 heterocycles. The molecule has 0 aromatic heterocycles. The van der Waals surface area contributed by atoms with Crippen LogP contribution >= 0.6 is 0 Å². The summed E-state index contributed by atoms with van der Waals surface area (Å²) in [6.07, 6.45) is 3.82. The van der Waals surface area contributed by atoms with Gasteiger partial charge in [-0.1, -0.05) is 13.8 Å². The first-order chi connectivity index (χ1) is 9.56. The third-order valence-corrected chi connectivity index (χ3v) is 5.43. The molecule has 114 valence electrons. The highest BCUT2D eigenvalue weighted by atomic mass is 16.2. The Bertz CT molecular complexity index is 355. The summed E-state index contributed by atoms with van der Waals surface area (Å²) in [6, 6.07) is 0. The van der Waals surface area contributed by atoms with Crippen molar-refractivity contribution in [1.29, 1.82) is 0 Å². The summed E-state index contributed by atoms with van der Waals surface area (Å²) in [5.74, 6) is 1.67. The second-order valence-electron chi connectivity index (χ2n) is 7.63. The molecule has 3 rings (SSSR count). The van der Waals surface area contributed by atoms with Crippen LogP contribution in [0.2, 0.25) is 0 Å². The molecule has 0 aromatic rings. The number of nitrogens with one attached hydrogen (secondary N) is 1. The molecule has 0 saturated carbocycles. The Morgan fingerprint density at radius 2 is 2.00 bits per heavy atom. The van der Waals surface area contributed by atoms with E-state index in [0.717, 1.165) is 39.3 Å². The van der Waals surface area contributed by atoms with Crippen LogP contribution in [0.5, 0.6) is 0 Å². The van der Waals surface area contributed by atoms with Crippen molar-refractivity contribution < 1.29 is 4.79 Å². The summed E-state index contributed by atoms with van der Waals surface area (Å²) in [5.41, 5.74) is 0.475. The largest absolute Gasteiger partial charge is 0.341 e. The molecule has 3 aliphatic rings. The average molecular weight is 279 g/mol. The standard InChI is InChI=1S/C16H29N3O/c1-13-7-14(2)9-19(8-13)15(20)10-18-6-4-16(12-18)3-5-17-11-16/h13-14,17H,3-12H2,1-2H3. The van der Waals surface area contributed by atoms with Crippen LogP contribution in [0.15, 0.2) is 0 Å². The minimum Gasteiger partial charge on any atom is -0.341 e. The highest BCUT2D eigenvalue weighted by Crippen LogP contribution is 2.35.